The van der Waals surface area contributed by atoms with E-state index >= 15 is 0 Å². The van der Waals surface area contributed by atoms with E-state index < -0.39 is 43.1 Å². The molecule has 6 heterocycles. The molecule has 4 aromatic heterocycles. The lowest BCUT2D eigenvalue weighted by atomic mass is 9.91. The maximum atomic E-state index is 13.2. The van der Waals surface area contributed by atoms with Crippen LogP contribution in [0.1, 0.15) is 60.8 Å². The lowest BCUT2D eigenvalue weighted by Crippen LogP contribution is -2.54. The number of nitriles is 2. The third-order valence-corrected chi connectivity index (χ3v) is 16.9. The number of fused-ring (bicyclic) bond motifs is 2. The molecule has 2 N–H and O–H groups in total. The van der Waals surface area contributed by atoms with Crippen LogP contribution in [0.15, 0.2) is 37.2 Å². The predicted molar refractivity (Wildman–Crippen MR) is 260 cm³/mol. The summed E-state index contributed by atoms with van der Waals surface area (Å²) in [5.41, 5.74) is -4.01. The van der Waals surface area contributed by atoms with Crippen molar-refractivity contribution >= 4 is 70.8 Å². The molecule has 2 amide bonds. The minimum atomic E-state index is -5.80. The third-order valence-electron chi connectivity index (χ3n) is 11.9. The number of H-pyrrole nitrogens is 2. The molecule has 5 atom stereocenters. The summed E-state index contributed by atoms with van der Waals surface area (Å²) in [4.78, 5) is 56.5. The van der Waals surface area contributed by atoms with E-state index in [2.05, 4.69) is 66.8 Å². The molecule has 2 fully saturated rings. The molecule has 2 saturated heterocycles. The number of nitrogens with one attached hydrogen (secondary N) is 2. The van der Waals surface area contributed by atoms with Crippen molar-refractivity contribution in [1.29, 1.82) is 10.5 Å². The zero-order valence-corrected chi connectivity index (χ0v) is 44.0. The summed E-state index contributed by atoms with van der Waals surface area (Å²) in [5, 5.41) is 20.3. The smallest absolute Gasteiger partial charge is 0.354 e. The summed E-state index contributed by atoms with van der Waals surface area (Å²) in [7, 11) is -9.33. The van der Waals surface area contributed by atoms with Gasteiger partial charge in [-0.2, -0.15) is 32.1 Å². The number of rotatable bonds is 19. The van der Waals surface area contributed by atoms with Gasteiger partial charge in [-0.25, -0.2) is 19.9 Å². The van der Waals surface area contributed by atoms with Crippen molar-refractivity contribution in [3.8, 4) is 12.1 Å². The Kier molecular flexibility index (Phi) is 21.9. The van der Waals surface area contributed by atoms with Gasteiger partial charge in [0.15, 0.2) is 6.35 Å². The van der Waals surface area contributed by atoms with Gasteiger partial charge >= 0.3 is 30.8 Å². The zero-order valence-electron chi connectivity index (χ0n) is 41.4. The number of carbonyl (C=O) groups is 2. The van der Waals surface area contributed by atoms with Crippen LogP contribution < -0.4 is 9.80 Å². The van der Waals surface area contributed by atoms with Gasteiger partial charge in [-0.1, -0.05) is 13.8 Å². The lowest BCUT2D eigenvalue weighted by molar-refractivity contribution is -0.135. The van der Waals surface area contributed by atoms with Crippen LogP contribution in [-0.4, -0.2) is 157 Å². The van der Waals surface area contributed by atoms with Crippen LogP contribution in [-0.2, 0) is 51.1 Å². The Morgan fingerprint density at radius 3 is 1.67 bits per heavy atom. The van der Waals surface area contributed by atoms with E-state index in [9.17, 15) is 45.6 Å². The Labute approximate surface area is 416 Å². The normalized spacial score (nSPS) is 19.0. The van der Waals surface area contributed by atoms with E-state index in [4.69, 9.17) is 14.3 Å². The average molecular weight is 1080 g/mol. The molecular formula is C43H63F3N12O11P2S. The number of carbonyl (C=O) groups excluding carboxylic acids is 2. The van der Waals surface area contributed by atoms with Crippen molar-refractivity contribution in [1.82, 2.24) is 39.7 Å². The number of amides is 2. The van der Waals surface area contributed by atoms with Gasteiger partial charge in [-0.05, 0) is 64.5 Å². The van der Waals surface area contributed by atoms with Crippen molar-refractivity contribution in [3.63, 3.8) is 0 Å². The summed E-state index contributed by atoms with van der Waals surface area (Å²) in [5.74, 6) is 0.883. The monoisotopic (exact) mass is 1070 g/mol. The topological polar surface area (TPSA) is 292 Å². The molecule has 2 aliphatic rings. The third kappa shape index (κ3) is 15.4. The van der Waals surface area contributed by atoms with Gasteiger partial charge in [0.1, 0.15) is 47.9 Å². The first kappa shape index (κ1) is 59.3. The van der Waals surface area contributed by atoms with E-state index in [1.165, 1.54) is 20.2 Å². The van der Waals surface area contributed by atoms with Crippen molar-refractivity contribution < 1.29 is 62.6 Å². The number of hydrogen-bond acceptors (Lipinski definition) is 19. The summed E-state index contributed by atoms with van der Waals surface area (Å²) < 4.78 is 105. The molecule has 0 radical (unpaired) electrons. The molecule has 2 aliphatic heterocycles. The maximum Gasteiger partial charge on any atom is 0.523 e. The average Bonchev–Trinajstić information content (AvgIpc) is 4.04. The summed E-state index contributed by atoms with van der Waals surface area (Å²) >= 11 is 0. The van der Waals surface area contributed by atoms with Crippen LogP contribution >= 0.6 is 15.2 Å². The second-order valence-electron chi connectivity index (χ2n) is 16.6. The summed E-state index contributed by atoms with van der Waals surface area (Å²) in [6, 6.07) is 8.03. The number of alkyl halides is 3. The first-order valence-electron chi connectivity index (χ1n) is 23.1. The van der Waals surface area contributed by atoms with E-state index in [0.717, 1.165) is 53.1 Å². The van der Waals surface area contributed by atoms with E-state index in [1.54, 1.807) is 30.0 Å². The number of halogens is 3. The van der Waals surface area contributed by atoms with E-state index in [0.29, 0.717) is 31.5 Å². The van der Waals surface area contributed by atoms with Gasteiger partial charge in [0.2, 0.25) is 11.8 Å². The summed E-state index contributed by atoms with van der Waals surface area (Å²) in [6.07, 6.45) is 6.85. The fraction of sp³-hybridized carbons (Fsp3) is 0.628. The number of piperidine rings is 2. The fourth-order valence-corrected chi connectivity index (χ4v) is 12.1. The minimum Gasteiger partial charge on any atom is -0.354 e. The van der Waals surface area contributed by atoms with Crippen LogP contribution in [0.3, 0.4) is 0 Å². The van der Waals surface area contributed by atoms with Gasteiger partial charge in [-0.3, -0.25) is 22.9 Å². The Morgan fingerprint density at radius 1 is 0.792 bits per heavy atom. The number of anilines is 2. The molecule has 0 saturated carbocycles. The number of likely N-dealkylation sites (tertiary alicyclic amines) is 2. The van der Waals surface area contributed by atoms with Crippen LogP contribution in [0.4, 0.5) is 24.8 Å². The quantitative estimate of drug-likeness (QED) is 0.0564. The van der Waals surface area contributed by atoms with Crippen molar-refractivity contribution in [2.45, 2.75) is 78.4 Å². The molecule has 0 spiro atoms. The molecule has 23 nitrogen and oxygen atoms in total. The highest BCUT2D eigenvalue weighted by Crippen LogP contribution is 2.50. The van der Waals surface area contributed by atoms with E-state index in [1.807, 2.05) is 50.8 Å². The fourth-order valence-electron chi connectivity index (χ4n) is 8.17. The number of nitrogens with zero attached hydrogens (tertiary/aromatic N) is 10. The van der Waals surface area contributed by atoms with Crippen molar-refractivity contribution in [3.05, 3.63) is 37.2 Å². The summed E-state index contributed by atoms with van der Waals surface area (Å²) in [6.45, 7) is 13.1. The number of hydrogen-bond donors (Lipinski definition) is 2. The predicted octanol–water partition coefficient (Wildman–Crippen LogP) is 6.66. The van der Waals surface area contributed by atoms with Gasteiger partial charge in [0, 0.05) is 52.7 Å². The zero-order chi connectivity index (χ0) is 53.4. The van der Waals surface area contributed by atoms with Crippen molar-refractivity contribution in [2.75, 3.05) is 89.0 Å². The van der Waals surface area contributed by atoms with Gasteiger partial charge < -0.3 is 47.7 Å². The first-order chi connectivity index (χ1) is 34.0. The van der Waals surface area contributed by atoms with Crippen LogP contribution in [0.25, 0.3) is 22.1 Å². The maximum absolute atomic E-state index is 13.2. The molecule has 398 valence electrons. The second kappa shape index (κ2) is 26.6. The molecule has 0 aromatic carbocycles. The SMILES string of the molecule is CC1CCN(C(=O)CC#N)CC1N(C)c1ncnc2[nH]ccc12.CCOP(=O)(CC(C#N)C(=O)N1CCC(C)C(N(C)c2ncnc3[nH]ccc23)C1)OCC.CCOP(=O)(COS(=O)(=O)C(F)(F)F)OCC. The molecular weight excluding hydrogens is 1010 g/mol. The van der Waals surface area contributed by atoms with Crippen LogP contribution in [0, 0.1) is 40.4 Å². The van der Waals surface area contributed by atoms with E-state index in [-0.39, 0.29) is 62.9 Å². The first-order valence-corrected chi connectivity index (χ1v) is 28.0. The molecule has 0 aliphatic carbocycles. The Morgan fingerprint density at radius 2 is 1.24 bits per heavy atom. The van der Waals surface area contributed by atoms with Crippen LogP contribution in [0.5, 0.6) is 0 Å². The van der Waals surface area contributed by atoms with Gasteiger partial charge in [0.25, 0.3) is 0 Å². The molecule has 4 aromatic rings. The standard InChI is InChI=1S/C21H31N6O4P.C16H20N6O.C6H12F3O6PS/c1-5-30-32(29,31-6-2)13-16(11-22)21(28)27-10-8-15(3)18(12-27)26(4)20-17-7-9-23-19(17)24-14-25-20;1-11-5-8-22(14(23)3-6-17)9-13(11)21(2)16-12-4-7-18-15(12)19-10-20-16;1-3-13-16(10,14-4-2)5-15-17(11,12)6(7,8)9/h7,9,14-16,18H,5-6,8,10,12-13H2,1-4H3,(H,23,24,25);4,7,10-11,13H,3,5,8-9H2,1-2H3,(H,18,19,20);3-5H2,1-2H3. The highest BCUT2D eigenvalue weighted by atomic mass is 32.2. The molecule has 72 heavy (non-hydrogen) atoms. The highest BCUT2D eigenvalue weighted by Gasteiger charge is 2.49. The lowest BCUT2D eigenvalue weighted by Gasteiger charge is -2.42. The molecule has 0 bridgehead atoms. The number of aromatic amines is 2. The van der Waals surface area contributed by atoms with Crippen molar-refractivity contribution in [2.24, 2.45) is 17.8 Å². The molecule has 5 unspecified atom stereocenters. The molecule has 6 rings (SSSR count). The van der Waals surface area contributed by atoms with Gasteiger partial charge in [-0.15, -0.1) is 0 Å². The number of aromatic nitrogens is 6. The number of likely N-dealkylation sites (N-methyl/N-ethyl adjacent to an activating group) is 2. The molecule has 29 heteroatoms. The minimum absolute atomic E-state index is 0.00521. The Balaban J connectivity index is 0.000000248. The largest absolute Gasteiger partial charge is 0.523 e. The Hall–Kier alpha value is -5.24. The second-order valence-corrected chi connectivity index (χ2v) is 22.3. The highest BCUT2D eigenvalue weighted by molar-refractivity contribution is 7.87. The van der Waals surface area contributed by atoms with Gasteiger partial charge in [0.05, 0.1) is 67.6 Å². The Bertz CT molecular complexity index is 2700. The van der Waals surface area contributed by atoms with Crippen LogP contribution in [0.2, 0.25) is 0 Å².